The Morgan fingerprint density at radius 2 is 2.00 bits per heavy atom. The van der Waals surface area contributed by atoms with Crippen molar-refractivity contribution in [1.29, 1.82) is 0 Å². The van der Waals surface area contributed by atoms with Gasteiger partial charge in [-0.05, 0) is 30.5 Å². The molecule has 0 aliphatic rings. The molecule has 1 aromatic carbocycles. The van der Waals surface area contributed by atoms with Crippen molar-refractivity contribution in [2.24, 2.45) is 5.92 Å². The molecule has 20 heavy (non-hydrogen) atoms. The van der Waals surface area contributed by atoms with Crippen LogP contribution < -0.4 is 11.1 Å². The van der Waals surface area contributed by atoms with Crippen molar-refractivity contribution in [3.8, 4) is 0 Å². The summed E-state index contributed by atoms with van der Waals surface area (Å²) in [6.07, 6.45) is 6.50. The van der Waals surface area contributed by atoms with E-state index in [1.807, 2.05) is 18.2 Å². The summed E-state index contributed by atoms with van der Waals surface area (Å²) in [6.45, 7) is 5.54. The monoisotopic (exact) mass is 274 g/mol. The summed E-state index contributed by atoms with van der Waals surface area (Å²) in [5.74, 6) is 1.67. The number of aromatic nitrogens is 2. The van der Waals surface area contributed by atoms with Crippen molar-refractivity contribution >= 4 is 22.7 Å². The summed E-state index contributed by atoms with van der Waals surface area (Å²) in [4.78, 5) is 7.74. The molecule has 0 radical (unpaired) electrons. The quantitative estimate of drug-likeness (QED) is 0.500. The van der Waals surface area contributed by atoms with E-state index in [1.54, 1.807) is 0 Å². The van der Waals surface area contributed by atoms with Crippen molar-refractivity contribution in [1.82, 2.24) is 9.97 Å². The first-order chi connectivity index (χ1) is 9.65. The molecular formula is C16H26N4. The van der Waals surface area contributed by atoms with Crippen molar-refractivity contribution in [3.63, 3.8) is 0 Å². The Labute approximate surface area is 121 Å². The number of hydrogen-bond donors (Lipinski definition) is 3. The maximum atomic E-state index is 5.75. The molecule has 2 aromatic rings. The van der Waals surface area contributed by atoms with E-state index in [0.29, 0.717) is 0 Å². The number of nitrogens with zero attached hydrogens (tertiary/aromatic N) is 1. The Balaban J connectivity index is 1.68. The number of nitrogens with one attached hydrogen (secondary N) is 2. The lowest BCUT2D eigenvalue weighted by atomic mass is 10.0. The van der Waals surface area contributed by atoms with Gasteiger partial charge in [-0.3, -0.25) is 0 Å². The fraction of sp³-hybridized carbons (Fsp3) is 0.562. The largest absolute Gasteiger partial charge is 0.399 e. The van der Waals surface area contributed by atoms with E-state index in [0.717, 1.165) is 35.1 Å². The first-order valence-electron chi connectivity index (χ1n) is 7.64. The summed E-state index contributed by atoms with van der Waals surface area (Å²) >= 11 is 0. The van der Waals surface area contributed by atoms with Crippen LogP contribution in [0.15, 0.2) is 18.2 Å². The van der Waals surface area contributed by atoms with Gasteiger partial charge in [0.2, 0.25) is 5.95 Å². The van der Waals surface area contributed by atoms with Crippen molar-refractivity contribution in [2.75, 3.05) is 17.6 Å². The zero-order valence-electron chi connectivity index (χ0n) is 12.6. The van der Waals surface area contributed by atoms with Crippen molar-refractivity contribution < 1.29 is 0 Å². The fourth-order valence-electron chi connectivity index (χ4n) is 2.35. The summed E-state index contributed by atoms with van der Waals surface area (Å²) in [6, 6.07) is 5.74. The highest BCUT2D eigenvalue weighted by Crippen LogP contribution is 2.17. The predicted molar refractivity (Wildman–Crippen MR) is 86.9 cm³/mol. The first kappa shape index (κ1) is 14.7. The molecule has 0 saturated heterocycles. The zero-order chi connectivity index (χ0) is 14.4. The van der Waals surface area contributed by atoms with Crippen LogP contribution in [0.4, 0.5) is 11.6 Å². The van der Waals surface area contributed by atoms with Gasteiger partial charge in [-0.25, -0.2) is 4.98 Å². The van der Waals surface area contributed by atoms with E-state index in [2.05, 4.69) is 29.1 Å². The smallest absolute Gasteiger partial charge is 0.201 e. The number of benzene rings is 1. The molecule has 0 bridgehead atoms. The molecule has 2 rings (SSSR count). The lowest BCUT2D eigenvalue weighted by molar-refractivity contribution is 0.523. The first-order valence-corrected chi connectivity index (χ1v) is 7.64. The molecular weight excluding hydrogens is 248 g/mol. The molecule has 4 nitrogen and oxygen atoms in total. The van der Waals surface area contributed by atoms with Crippen LogP contribution in [0.3, 0.4) is 0 Å². The molecule has 0 atom stereocenters. The van der Waals surface area contributed by atoms with Gasteiger partial charge in [0.25, 0.3) is 0 Å². The minimum atomic E-state index is 0.762. The number of rotatable bonds is 8. The third-order valence-corrected chi connectivity index (χ3v) is 3.51. The molecule has 0 spiro atoms. The number of hydrogen-bond acceptors (Lipinski definition) is 3. The number of anilines is 2. The van der Waals surface area contributed by atoms with Crippen LogP contribution in [0.1, 0.15) is 46.0 Å². The highest BCUT2D eigenvalue weighted by Gasteiger charge is 2.02. The van der Waals surface area contributed by atoms with E-state index in [-0.39, 0.29) is 0 Å². The Morgan fingerprint density at radius 3 is 2.80 bits per heavy atom. The summed E-state index contributed by atoms with van der Waals surface area (Å²) in [5.41, 5.74) is 8.46. The van der Waals surface area contributed by atoms with Gasteiger partial charge in [0.05, 0.1) is 11.0 Å². The second-order valence-corrected chi connectivity index (χ2v) is 5.89. The molecule has 0 unspecified atom stereocenters. The topological polar surface area (TPSA) is 66.7 Å². The van der Waals surface area contributed by atoms with Crippen LogP contribution >= 0.6 is 0 Å². The van der Waals surface area contributed by atoms with Crippen molar-refractivity contribution in [2.45, 2.75) is 46.0 Å². The minimum Gasteiger partial charge on any atom is -0.399 e. The summed E-state index contributed by atoms with van der Waals surface area (Å²) in [7, 11) is 0. The lowest BCUT2D eigenvalue weighted by Crippen LogP contribution is -2.02. The molecule has 0 saturated carbocycles. The van der Waals surface area contributed by atoms with E-state index in [9.17, 15) is 0 Å². The highest BCUT2D eigenvalue weighted by atomic mass is 15.1. The van der Waals surface area contributed by atoms with E-state index < -0.39 is 0 Å². The van der Waals surface area contributed by atoms with Crippen LogP contribution in [0.25, 0.3) is 11.0 Å². The number of nitrogen functional groups attached to an aromatic ring is 1. The van der Waals surface area contributed by atoms with Crippen LogP contribution in [-0.4, -0.2) is 16.5 Å². The molecule has 110 valence electrons. The maximum absolute atomic E-state index is 5.75. The maximum Gasteiger partial charge on any atom is 0.201 e. The van der Waals surface area contributed by atoms with Gasteiger partial charge in [-0.1, -0.05) is 39.5 Å². The van der Waals surface area contributed by atoms with Gasteiger partial charge >= 0.3 is 0 Å². The molecule has 1 aromatic heterocycles. The average molecular weight is 274 g/mol. The van der Waals surface area contributed by atoms with Gasteiger partial charge in [-0.15, -0.1) is 0 Å². The van der Waals surface area contributed by atoms with Gasteiger partial charge in [0.15, 0.2) is 0 Å². The lowest BCUT2D eigenvalue weighted by Gasteiger charge is -2.05. The highest BCUT2D eigenvalue weighted by molar-refractivity contribution is 5.80. The third kappa shape index (κ3) is 4.44. The Kier molecular flexibility index (Phi) is 5.27. The molecule has 4 heteroatoms. The van der Waals surface area contributed by atoms with Gasteiger partial charge in [0.1, 0.15) is 0 Å². The molecule has 4 N–H and O–H groups in total. The predicted octanol–water partition coefficient (Wildman–Crippen LogP) is 4.16. The van der Waals surface area contributed by atoms with Crippen LogP contribution in [0, 0.1) is 5.92 Å². The van der Waals surface area contributed by atoms with Gasteiger partial charge in [-0.2, -0.15) is 0 Å². The van der Waals surface area contributed by atoms with Gasteiger partial charge in [0, 0.05) is 12.2 Å². The van der Waals surface area contributed by atoms with E-state index in [1.165, 1.54) is 32.1 Å². The standard InChI is InChI=1S/C16H26N4/c1-12(2)7-5-3-4-6-10-18-16-19-14-9-8-13(17)11-15(14)20-16/h8-9,11-12H,3-7,10,17H2,1-2H3,(H2,18,19,20). The molecule has 0 amide bonds. The minimum absolute atomic E-state index is 0.762. The number of nitrogens with two attached hydrogens (primary N) is 1. The zero-order valence-corrected chi connectivity index (χ0v) is 12.6. The third-order valence-electron chi connectivity index (χ3n) is 3.51. The van der Waals surface area contributed by atoms with Gasteiger partial charge < -0.3 is 16.0 Å². The number of H-pyrrole nitrogens is 1. The average Bonchev–Trinajstić information content (AvgIpc) is 2.79. The Hall–Kier alpha value is -1.71. The number of aromatic amines is 1. The number of imidazole rings is 1. The summed E-state index contributed by atoms with van der Waals surface area (Å²) < 4.78 is 0. The second-order valence-electron chi connectivity index (χ2n) is 5.89. The molecule has 0 aliphatic heterocycles. The van der Waals surface area contributed by atoms with Crippen LogP contribution in [0.2, 0.25) is 0 Å². The van der Waals surface area contributed by atoms with E-state index >= 15 is 0 Å². The Morgan fingerprint density at radius 1 is 1.20 bits per heavy atom. The normalized spacial score (nSPS) is 11.3. The summed E-state index contributed by atoms with van der Waals surface area (Å²) in [5, 5.41) is 3.35. The molecule has 0 aliphatic carbocycles. The van der Waals surface area contributed by atoms with Crippen LogP contribution in [0.5, 0.6) is 0 Å². The number of unbranched alkanes of at least 4 members (excludes halogenated alkanes) is 3. The molecule has 1 heterocycles. The Bertz CT molecular complexity index is 530. The number of fused-ring (bicyclic) bond motifs is 1. The van der Waals surface area contributed by atoms with E-state index in [4.69, 9.17) is 5.73 Å². The SMILES string of the molecule is CC(C)CCCCCCNc1nc2ccc(N)cc2[nH]1. The van der Waals surface area contributed by atoms with Crippen LogP contribution in [-0.2, 0) is 0 Å². The molecule has 0 fully saturated rings. The fourth-order valence-corrected chi connectivity index (χ4v) is 2.35. The van der Waals surface area contributed by atoms with Crippen molar-refractivity contribution in [3.05, 3.63) is 18.2 Å². The second kappa shape index (κ2) is 7.17.